The number of carbonyl (C=O) groups excluding carboxylic acids is 1. The van der Waals surface area contributed by atoms with Crippen molar-refractivity contribution in [2.24, 2.45) is 0 Å². The first-order valence-corrected chi connectivity index (χ1v) is 7.36. The van der Waals surface area contributed by atoms with Crippen molar-refractivity contribution in [3.05, 3.63) is 59.2 Å². The molecule has 1 amide bonds. The van der Waals surface area contributed by atoms with Crippen LogP contribution in [0.15, 0.2) is 59.2 Å². The minimum atomic E-state index is -0.108. The van der Waals surface area contributed by atoms with Gasteiger partial charge in [-0.05, 0) is 23.8 Å². The molecule has 104 valence electrons. The van der Waals surface area contributed by atoms with Gasteiger partial charge in [0, 0.05) is 22.3 Å². The Labute approximate surface area is 131 Å². The number of anilines is 1. The van der Waals surface area contributed by atoms with Crippen LogP contribution in [0.2, 0.25) is 0 Å². The number of aromatic nitrogens is 1. The number of benzene rings is 2. The van der Waals surface area contributed by atoms with E-state index in [1.54, 1.807) is 6.20 Å². The molecule has 0 aliphatic carbocycles. The van der Waals surface area contributed by atoms with Crippen molar-refractivity contribution in [3.63, 3.8) is 0 Å². The van der Waals surface area contributed by atoms with Crippen molar-refractivity contribution < 1.29 is 4.79 Å². The molecular formula is C17H13BrN2O. The number of halogens is 1. The zero-order valence-corrected chi connectivity index (χ0v) is 13.0. The molecule has 21 heavy (non-hydrogen) atoms. The van der Waals surface area contributed by atoms with Crippen molar-refractivity contribution in [2.75, 3.05) is 5.32 Å². The summed E-state index contributed by atoms with van der Waals surface area (Å²) in [5.74, 6) is -0.108. The zero-order chi connectivity index (χ0) is 14.8. The molecule has 0 saturated carbocycles. The highest BCUT2D eigenvalue weighted by Gasteiger charge is 2.12. The number of pyridine rings is 1. The summed E-state index contributed by atoms with van der Waals surface area (Å²) in [5, 5.41) is 3.87. The van der Waals surface area contributed by atoms with Crippen molar-refractivity contribution in [3.8, 4) is 11.1 Å². The molecule has 0 aliphatic rings. The van der Waals surface area contributed by atoms with Gasteiger partial charge < -0.3 is 5.32 Å². The Morgan fingerprint density at radius 1 is 1.14 bits per heavy atom. The Hall–Kier alpha value is -2.20. The normalized spacial score (nSPS) is 10.6. The Kier molecular flexibility index (Phi) is 3.71. The smallest absolute Gasteiger partial charge is 0.221 e. The summed E-state index contributed by atoms with van der Waals surface area (Å²) in [4.78, 5) is 15.9. The second-order valence-electron chi connectivity index (χ2n) is 4.76. The lowest BCUT2D eigenvalue weighted by Crippen LogP contribution is -2.07. The van der Waals surface area contributed by atoms with E-state index in [1.165, 1.54) is 6.92 Å². The topological polar surface area (TPSA) is 42.0 Å². The largest absolute Gasteiger partial charge is 0.324 e. The zero-order valence-electron chi connectivity index (χ0n) is 11.4. The first-order valence-electron chi connectivity index (χ1n) is 6.56. The van der Waals surface area contributed by atoms with Gasteiger partial charge in [-0.15, -0.1) is 0 Å². The van der Waals surface area contributed by atoms with Crippen molar-refractivity contribution in [1.29, 1.82) is 0 Å². The molecule has 0 spiro atoms. The third-order valence-corrected chi connectivity index (χ3v) is 3.70. The van der Waals surface area contributed by atoms with E-state index in [-0.39, 0.29) is 5.91 Å². The van der Waals surface area contributed by atoms with Crippen molar-refractivity contribution in [1.82, 2.24) is 4.98 Å². The fourth-order valence-corrected chi connectivity index (χ4v) is 2.73. The van der Waals surface area contributed by atoms with Gasteiger partial charge in [-0.25, -0.2) is 0 Å². The predicted octanol–water partition coefficient (Wildman–Crippen LogP) is 4.62. The van der Waals surface area contributed by atoms with E-state index in [0.717, 1.165) is 32.2 Å². The fourth-order valence-electron chi connectivity index (χ4n) is 2.37. The molecular weight excluding hydrogens is 328 g/mol. The number of carbonyl (C=O) groups is 1. The van der Waals surface area contributed by atoms with Gasteiger partial charge in [-0.2, -0.15) is 0 Å². The van der Waals surface area contributed by atoms with E-state index >= 15 is 0 Å². The molecule has 0 aliphatic heterocycles. The lowest BCUT2D eigenvalue weighted by molar-refractivity contribution is -0.114. The second kappa shape index (κ2) is 5.66. The number of hydrogen-bond acceptors (Lipinski definition) is 2. The Bertz CT molecular complexity index is 816. The Morgan fingerprint density at radius 2 is 1.90 bits per heavy atom. The highest BCUT2D eigenvalue weighted by Crippen LogP contribution is 2.35. The first kappa shape index (κ1) is 13.8. The minimum absolute atomic E-state index is 0.108. The lowest BCUT2D eigenvalue weighted by Gasteiger charge is -2.13. The molecule has 4 heteroatoms. The molecule has 0 fully saturated rings. The van der Waals surface area contributed by atoms with Gasteiger partial charge >= 0.3 is 0 Å². The number of rotatable bonds is 2. The maximum atomic E-state index is 11.5. The molecule has 1 heterocycles. The van der Waals surface area contributed by atoms with Gasteiger partial charge in [0.1, 0.15) is 0 Å². The van der Waals surface area contributed by atoms with E-state index in [9.17, 15) is 4.79 Å². The first-order chi connectivity index (χ1) is 10.1. The molecule has 1 aromatic heterocycles. The summed E-state index contributed by atoms with van der Waals surface area (Å²) >= 11 is 3.50. The van der Waals surface area contributed by atoms with E-state index in [1.807, 2.05) is 48.5 Å². The molecule has 0 saturated heterocycles. The number of hydrogen-bond donors (Lipinski definition) is 1. The summed E-state index contributed by atoms with van der Waals surface area (Å²) in [6, 6.07) is 15.9. The van der Waals surface area contributed by atoms with E-state index in [0.29, 0.717) is 0 Å². The second-order valence-corrected chi connectivity index (χ2v) is 5.67. The molecule has 2 aromatic carbocycles. The standard InChI is InChI=1S/C17H13BrN2O/c1-11(21)20-16-10-19-15-8-7-13(18)9-14(15)17(16)12-5-3-2-4-6-12/h2-10H,1H3,(H,20,21). The van der Waals surface area contributed by atoms with Crippen LogP contribution in [0.5, 0.6) is 0 Å². The highest BCUT2D eigenvalue weighted by molar-refractivity contribution is 9.10. The third-order valence-electron chi connectivity index (χ3n) is 3.20. The maximum Gasteiger partial charge on any atom is 0.221 e. The monoisotopic (exact) mass is 340 g/mol. The average molecular weight is 341 g/mol. The SMILES string of the molecule is CC(=O)Nc1cnc2ccc(Br)cc2c1-c1ccccc1. The number of nitrogens with zero attached hydrogens (tertiary/aromatic N) is 1. The molecule has 3 rings (SSSR count). The lowest BCUT2D eigenvalue weighted by atomic mass is 9.99. The summed E-state index contributed by atoms with van der Waals surface area (Å²) in [6.07, 6.45) is 1.71. The van der Waals surface area contributed by atoms with Crippen LogP contribution in [0.1, 0.15) is 6.92 Å². The quantitative estimate of drug-likeness (QED) is 0.739. The number of fused-ring (bicyclic) bond motifs is 1. The molecule has 3 aromatic rings. The highest BCUT2D eigenvalue weighted by atomic mass is 79.9. The van der Waals surface area contributed by atoms with Crippen LogP contribution < -0.4 is 5.32 Å². The van der Waals surface area contributed by atoms with Crippen molar-refractivity contribution >= 4 is 38.4 Å². The molecule has 0 unspecified atom stereocenters. The molecule has 0 atom stereocenters. The summed E-state index contributed by atoms with van der Waals surface area (Å²) in [6.45, 7) is 1.50. The summed E-state index contributed by atoms with van der Waals surface area (Å²) < 4.78 is 0.981. The third kappa shape index (κ3) is 2.81. The predicted molar refractivity (Wildman–Crippen MR) is 89.2 cm³/mol. The van der Waals surface area contributed by atoms with Gasteiger partial charge in [0.2, 0.25) is 5.91 Å². The van der Waals surface area contributed by atoms with Gasteiger partial charge in [0.15, 0.2) is 0 Å². The van der Waals surface area contributed by atoms with Crippen LogP contribution in [-0.4, -0.2) is 10.9 Å². The fraction of sp³-hybridized carbons (Fsp3) is 0.0588. The molecule has 1 N–H and O–H groups in total. The van der Waals surface area contributed by atoms with Crippen LogP contribution in [0, 0.1) is 0 Å². The van der Waals surface area contributed by atoms with Crippen LogP contribution >= 0.6 is 15.9 Å². The van der Waals surface area contributed by atoms with Crippen LogP contribution in [-0.2, 0) is 4.79 Å². The Balaban J connectivity index is 2.34. The minimum Gasteiger partial charge on any atom is -0.324 e. The van der Waals surface area contributed by atoms with Crippen molar-refractivity contribution in [2.45, 2.75) is 6.92 Å². The van der Waals surface area contributed by atoms with Crippen LogP contribution in [0.3, 0.4) is 0 Å². The summed E-state index contributed by atoms with van der Waals surface area (Å²) in [5.41, 5.74) is 3.65. The van der Waals surface area contributed by atoms with Crippen LogP contribution in [0.4, 0.5) is 5.69 Å². The van der Waals surface area contributed by atoms with Gasteiger partial charge in [-0.1, -0.05) is 46.3 Å². The van der Waals surface area contributed by atoms with E-state index in [4.69, 9.17) is 0 Å². The average Bonchev–Trinajstić information content (AvgIpc) is 2.47. The number of amides is 1. The maximum absolute atomic E-state index is 11.5. The van der Waals surface area contributed by atoms with Gasteiger partial charge in [0.05, 0.1) is 17.4 Å². The van der Waals surface area contributed by atoms with E-state index < -0.39 is 0 Å². The number of nitrogens with one attached hydrogen (secondary N) is 1. The molecule has 0 radical (unpaired) electrons. The van der Waals surface area contributed by atoms with E-state index in [2.05, 4.69) is 26.2 Å². The summed E-state index contributed by atoms with van der Waals surface area (Å²) in [7, 11) is 0. The van der Waals surface area contributed by atoms with Gasteiger partial charge in [0.25, 0.3) is 0 Å². The van der Waals surface area contributed by atoms with Crippen LogP contribution in [0.25, 0.3) is 22.0 Å². The molecule has 0 bridgehead atoms. The Morgan fingerprint density at radius 3 is 2.62 bits per heavy atom. The van der Waals surface area contributed by atoms with Gasteiger partial charge in [-0.3, -0.25) is 9.78 Å². The molecule has 3 nitrogen and oxygen atoms in total.